The zero-order chi connectivity index (χ0) is 32.6. The van der Waals surface area contributed by atoms with Crippen molar-refractivity contribution >= 4 is 34.6 Å². The van der Waals surface area contributed by atoms with Crippen LogP contribution in [0.25, 0.3) is 0 Å². The van der Waals surface area contributed by atoms with Crippen molar-refractivity contribution in [3.8, 4) is 0 Å². The maximum absolute atomic E-state index is 13.2. The lowest BCUT2D eigenvalue weighted by Gasteiger charge is -2.41. The van der Waals surface area contributed by atoms with Crippen LogP contribution in [0.1, 0.15) is 84.5 Å². The number of amides is 2. The molecule has 1 saturated carbocycles. The van der Waals surface area contributed by atoms with E-state index < -0.39 is 5.41 Å². The van der Waals surface area contributed by atoms with Crippen LogP contribution >= 0.6 is 11.3 Å². The monoisotopic (exact) mass is 630 g/mol. The van der Waals surface area contributed by atoms with E-state index in [-0.39, 0.29) is 35.7 Å². The number of nitrogens with two attached hydrogens (primary N) is 1. The minimum Gasteiger partial charge on any atom is -0.396 e. The van der Waals surface area contributed by atoms with E-state index in [9.17, 15) is 18.8 Å². The van der Waals surface area contributed by atoms with Crippen LogP contribution in [-0.2, 0) is 17.8 Å². The van der Waals surface area contributed by atoms with Crippen LogP contribution in [0.4, 0.5) is 4.39 Å². The quantitative estimate of drug-likeness (QED) is 0.282. The number of halogens is 1. The summed E-state index contributed by atoms with van der Waals surface area (Å²) in [5, 5.41) is 4.97. The number of aliphatic imine (C=N–C) groups is 1. The Kier molecular flexibility index (Phi) is 11.4. The number of carbonyl (C=O) groups is 3. The molecule has 2 aliphatic rings. The molecule has 1 aromatic heterocycles. The summed E-state index contributed by atoms with van der Waals surface area (Å²) in [6.07, 6.45) is 5.75. The van der Waals surface area contributed by atoms with E-state index >= 15 is 0 Å². The van der Waals surface area contributed by atoms with Gasteiger partial charge in [-0.1, -0.05) is 63.9 Å². The number of thiophene rings is 1. The summed E-state index contributed by atoms with van der Waals surface area (Å²) in [6.45, 7) is 8.51. The molecule has 5 rings (SSSR count). The number of nitrogens with one attached hydrogen (secondary N) is 1. The van der Waals surface area contributed by atoms with Gasteiger partial charge in [0.1, 0.15) is 5.82 Å². The van der Waals surface area contributed by atoms with Crippen molar-refractivity contribution in [3.63, 3.8) is 0 Å². The maximum atomic E-state index is 13.2. The van der Waals surface area contributed by atoms with Gasteiger partial charge in [-0.25, -0.2) is 4.39 Å². The number of piperidine rings is 1. The first kappa shape index (κ1) is 33.8. The Morgan fingerprint density at radius 1 is 1.04 bits per heavy atom. The Balaban J connectivity index is 0.000000242. The molecule has 0 radical (unpaired) electrons. The molecule has 238 valence electrons. The molecule has 45 heavy (non-hydrogen) atoms. The zero-order valence-corrected chi connectivity index (χ0v) is 27.4. The van der Waals surface area contributed by atoms with E-state index in [1.165, 1.54) is 48.8 Å². The average molecular weight is 631 g/mol. The number of likely N-dealkylation sites (tertiary alicyclic amines) is 1. The number of hydrogen-bond donors (Lipinski definition) is 2. The lowest BCUT2D eigenvalue weighted by Crippen LogP contribution is -2.51. The summed E-state index contributed by atoms with van der Waals surface area (Å²) in [5.74, 6) is -0.555. The van der Waals surface area contributed by atoms with Gasteiger partial charge in [-0.05, 0) is 66.1 Å². The highest BCUT2D eigenvalue weighted by Crippen LogP contribution is 2.33. The Labute approximate surface area is 269 Å². The second-order valence-electron chi connectivity index (χ2n) is 12.3. The number of ketones is 1. The number of carbonyl (C=O) groups excluding carboxylic acids is 3. The van der Waals surface area contributed by atoms with E-state index in [4.69, 9.17) is 10.7 Å². The highest BCUT2D eigenvalue weighted by atomic mass is 32.1. The lowest BCUT2D eigenvalue weighted by atomic mass is 9.78. The molecule has 1 aliphatic carbocycles. The summed E-state index contributed by atoms with van der Waals surface area (Å²) >= 11 is 1.38. The minimum absolute atomic E-state index is 0.0838. The number of benzene rings is 2. The third kappa shape index (κ3) is 8.97. The fraction of sp³-hybridized carbons (Fsp3) is 0.389. The fourth-order valence-electron chi connectivity index (χ4n) is 5.75. The second kappa shape index (κ2) is 15.3. The number of allylic oxidation sites excluding steroid dienone is 1. The van der Waals surface area contributed by atoms with E-state index in [0.717, 1.165) is 30.4 Å². The van der Waals surface area contributed by atoms with Crippen LogP contribution in [-0.4, -0.2) is 47.3 Å². The minimum atomic E-state index is -0.499. The molecule has 3 aromatic rings. The first-order valence-corrected chi connectivity index (χ1v) is 16.4. The van der Waals surface area contributed by atoms with Crippen molar-refractivity contribution in [3.05, 3.63) is 105 Å². The van der Waals surface area contributed by atoms with Gasteiger partial charge in [-0.15, -0.1) is 11.3 Å². The van der Waals surface area contributed by atoms with Gasteiger partial charge in [-0.3, -0.25) is 19.4 Å². The van der Waals surface area contributed by atoms with Gasteiger partial charge < -0.3 is 16.0 Å². The predicted molar refractivity (Wildman–Crippen MR) is 179 cm³/mol. The average Bonchev–Trinajstić information content (AvgIpc) is 3.75. The van der Waals surface area contributed by atoms with E-state index in [1.807, 2.05) is 43.5 Å². The highest BCUT2D eigenvalue weighted by molar-refractivity contribution is 7.12. The van der Waals surface area contributed by atoms with Crippen LogP contribution in [0, 0.1) is 11.2 Å². The van der Waals surface area contributed by atoms with Crippen molar-refractivity contribution in [1.29, 1.82) is 0 Å². The Hall–Kier alpha value is -4.11. The van der Waals surface area contributed by atoms with Crippen molar-refractivity contribution in [2.75, 3.05) is 13.1 Å². The Morgan fingerprint density at radius 2 is 1.76 bits per heavy atom. The van der Waals surface area contributed by atoms with E-state index in [2.05, 4.69) is 18.3 Å². The molecule has 9 heteroatoms. The standard InChI is InChI=1S/C22H24FN3O2S.C14H19NO/c1-14(27)19(24)17-12-26(21(28)18-5-4-10-29-18)13-22(2,3)20(17)25-11-15-6-8-16(23)9-7-15;1-2-11-6-5-7-12(10-11)14(16)15-13-8-3-4-9-13/h4-10H,11-13,24H2,1-3H3;5-7,10,13H,2-4,8-9H2,1H3,(H,15,16)/b19-17-,25-20?;. The SMILES string of the molecule is CC(=O)/C(N)=C1\CN(C(=O)c2cccs2)CC(C)(C)C1=NCc1ccc(F)cc1.CCc1cccc(C(=O)NC2CCCC2)c1. The van der Waals surface area contributed by atoms with Crippen molar-refractivity contribution in [1.82, 2.24) is 10.2 Å². The molecule has 2 amide bonds. The van der Waals surface area contributed by atoms with Gasteiger partial charge in [0.05, 0.1) is 17.1 Å². The summed E-state index contributed by atoms with van der Waals surface area (Å²) in [4.78, 5) is 44.0. The van der Waals surface area contributed by atoms with Gasteiger partial charge >= 0.3 is 0 Å². The number of hydrogen-bond acceptors (Lipinski definition) is 6. The first-order chi connectivity index (χ1) is 21.5. The molecule has 0 spiro atoms. The molecule has 1 saturated heterocycles. The Bertz CT molecular complexity index is 1560. The first-order valence-electron chi connectivity index (χ1n) is 15.5. The molecule has 2 aromatic carbocycles. The molecule has 2 heterocycles. The number of rotatable bonds is 7. The molecule has 2 fully saturated rings. The molecule has 1 aliphatic heterocycles. The summed E-state index contributed by atoms with van der Waals surface area (Å²) in [6, 6.07) is 18.1. The van der Waals surface area contributed by atoms with Gasteiger partial charge in [0.15, 0.2) is 5.78 Å². The molecule has 7 nitrogen and oxygen atoms in total. The molecule has 0 atom stereocenters. The summed E-state index contributed by atoms with van der Waals surface area (Å²) in [5.41, 5.74) is 9.93. The van der Waals surface area contributed by atoms with E-state index in [1.54, 1.807) is 23.1 Å². The predicted octanol–water partition coefficient (Wildman–Crippen LogP) is 6.73. The van der Waals surface area contributed by atoms with Crippen molar-refractivity contribution in [2.24, 2.45) is 16.1 Å². The maximum Gasteiger partial charge on any atom is 0.264 e. The van der Waals surface area contributed by atoms with Gasteiger partial charge in [-0.2, -0.15) is 0 Å². The summed E-state index contributed by atoms with van der Waals surface area (Å²) < 4.78 is 13.2. The number of Topliss-reactive ketones (excluding diaryl/α,β-unsaturated/α-hetero) is 1. The summed E-state index contributed by atoms with van der Waals surface area (Å²) in [7, 11) is 0. The second-order valence-corrected chi connectivity index (χ2v) is 13.2. The van der Waals surface area contributed by atoms with Gasteiger partial charge in [0, 0.05) is 48.3 Å². The third-order valence-corrected chi connectivity index (χ3v) is 9.06. The number of nitrogens with zero attached hydrogens (tertiary/aromatic N) is 2. The Morgan fingerprint density at radius 3 is 2.38 bits per heavy atom. The molecular weight excluding hydrogens is 587 g/mol. The van der Waals surface area contributed by atoms with Crippen LogP contribution in [0.3, 0.4) is 0 Å². The van der Waals surface area contributed by atoms with E-state index in [0.29, 0.717) is 35.3 Å². The third-order valence-electron chi connectivity index (χ3n) is 8.21. The van der Waals surface area contributed by atoms with Gasteiger partial charge in [0.25, 0.3) is 11.8 Å². The lowest BCUT2D eigenvalue weighted by molar-refractivity contribution is -0.113. The molecular formula is C36H43FN4O3S. The zero-order valence-electron chi connectivity index (χ0n) is 26.6. The van der Waals surface area contributed by atoms with Crippen molar-refractivity contribution < 1.29 is 18.8 Å². The largest absolute Gasteiger partial charge is 0.396 e. The fourth-order valence-corrected chi connectivity index (χ4v) is 6.44. The topological polar surface area (TPSA) is 105 Å². The number of aryl methyl sites for hydroxylation is 1. The molecule has 3 N–H and O–H groups in total. The van der Waals surface area contributed by atoms with Crippen LogP contribution in [0.2, 0.25) is 0 Å². The van der Waals surface area contributed by atoms with Crippen LogP contribution < -0.4 is 11.1 Å². The van der Waals surface area contributed by atoms with Crippen LogP contribution in [0.15, 0.2) is 82.3 Å². The van der Waals surface area contributed by atoms with Gasteiger partial charge in [0.2, 0.25) is 0 Å². The molecule has 0 bridgehead atoms. The van der Waals surface area contributed by atoms with Crippen LogP contribution in [0.5, 0.6) is 0 Å². The molecule has 0 unspecified atom stereocenters. The van der Waals surface area contributed by atoms with Crippen molar-refractivity contribution in [2.45, 2.75) is 72.4 Å². The smallest absolute Gasteiger partial charge is 0.264 e. The normalized spacial score (nSPS) is 18.2. The highest BCUT2D eigenvalue weighted by Gasteiger charge is 2.39.